The zero-order valence-corrected chi connectivity index (χ0v) is 11.5. The van der Waals surface area contributed by atoms with Crippen molar-refractivity contribution in [2.45, 2.75) is 4.90 Å². The van der Waals surface area contributed by atoms with Crippen LogP contribution in [0.1, 0.15) is 0 Å². The van der Waals surface area contributed by atoms with Crippen molar-refractivity contribution >= 4 is 27.2 Å². The number of nitrogens with zero attached hydrogens (tertiary/aromatic N) is 2. The van der Waals surface area contributed by atoms with Gasteiger partial charge in [0, 0.05) is 19.3 Å². The summed E-state index contributed by atoms with van der Waals surface area (Å²) in [5.41, 5.74) is 0. The average molecular weight is 293 g/mol. The van der Waals surface area contributed by atoms with Gasteiger partial charge < -0.3 is 10.2 Å². The predicted molar refractivity (Wildman–Crippen MR) is 74.6 cm³/mol. The van der Waals surface area contributed by atoms with Crippen LogP contribution in [0.4, 0.5) is 0 Å². The molecule has 1 N–H and O–H groups in total. The van der Waals surface area contributed by atoms with E-state index in [2.05, 4.69) is 5.32 Å². The molecule has 1 aliphatic rings. The normalized spacial score (nSPS) is 16.1. The Labute approximate surface area is 117 Å². The molecule has 19 heavy (non-hydrogen) atoms. The Balaban J connectivity index is 2.40. The summed E-state index contributed by atoms with van der Waals surface area (Å²) in [5, 5.41) is 12.4. The number of benzene rings is 1. The van der Waals surface area contributed by atoms with Crippen molar-refractivity contribution in [1.29, 1.82) is 5.26 Å². The van der Waals surface area contributed by atoms with E-state index in [1.165, 1.54) is 18.3 Å². The van der Waals surface area contributed by atoms with Gasteiger partial charge in [-0.3, -0.25) is 0 Å². The average Bonchev–Trinajstić information content (AvgIpc) is 2.82. The number of sulfone groups is 1. The summed E-state index contributed by atoms with van der Waals surface area (Å²) in [6.07, 6.45) is 1.28. The van der Waals surface area contributed by atoms with E-state index in [4.69, 9.17) is 17.5 Å². The van der Waals surface area contributed by atoms with E-state index in [9.17, 15) is 8.42 Å². The molecule has 0 atom stereocenters. The Hall–Kier alpha value is -1.91. The van der Waals surface area contributed by atoms with Gasteiger partial charge in [-0.1, -0.05) is 18.2 Å². The Morgan fingerprint density at radius 3 is 2.63 bits per heavy atom. The Morgan fingerprint density at radius 2 is 2.11 bits per heavy atom. The van der Waals surface area contributed by atoms with E-state index in [-0.39, 0.29) is 9.80 Å². The van der Waals surface area contributed by atoms with Crippen LogP contribution >= 0.6 is 12.2 Å². The molecule has 1 aromatic rings. The molecule has 0 aliphatic carbocycles. The molecule has 7 heteroatoms. The Kier molecular flexibility index (Phi) is 3.83. The van der Waals surface area contributed by atoms with Crippen LogP contribution in [0.3, 0.4) is 0 Å². The highest BCUT2D eigenvalue weighted by Gasteiger charge is 2.23. The van der Waals surface area contributed by atoms with Crippen molar-refractivity contribution in [3.05, 3.63) is 41.4 Å². The number of hydrogen-bond donors (Lipinski definition) is 1. The van der Waals surface area contributed by atoms with Crippen molar-refractivity contribution in [3.63, 3.8) is 0 Å². The first-order valence-corrected chi connectivity index (χ1v) is 7.41. The minimum absolute atomic E-state index is 0.0980. The summed E-state index contributed by atoms with van der Waals surface area (Å²) in [4.78, 5) is 1.33. The van der Waals surface area contributed by atoms with Crippen LogP contribution in [-0.4, -0.2) is 31.5 Å². The van der Waals surface area contributed by atoms with Gasteiger partial charge in [0.2, 0.25) is 9.84 Å². The standard InChI is InChI=1S/C12H11N3O2S2/c13-8-11(9-15-7-6-14-12(15)18)19(16,17)10-4-2-1-3-5-10/h1-5,9H,6-7H2,(H,14,18)/b11-9+. The topological polar surface area (TPSA) is 73.2 Å². The monoisotopic (exact) mass is 293 g/mol. The maximum Gasteiger partial charge on any atom is 0.218 e. The minimum atomic E-state index is -3.79. The minimum Gasteiger partial charge on any atom is -0.360 e. The molecule has 0 bridgehead atoms. The number of allylic oxidation sites excluding steroid dienone is 1. The molecule has 2 rings (SSSR count). The molecule has 1 fully saturated rings. The van der Waals surface area contributed by atoms with Crippen molar-refractivity contribution in [2.24, 2.45) is 0 Å². The lowest BCUT2D eigenvalue weighted by molar-refractivity contribution is 0.597. The molecule has 0 radical (unpaired) electrons. The van der Waals surface area contributed by atoms with Crippen molar-refractivity contribution in [1.82, 2.24) is 10.2 Å². The third kappa shape index (κ3) is 2.75. The van der Waals surface area contributed by atoms with Crippen LogP contribution in [0.5, 0.6) is 0 Å². The molecule has 0 unspecified atom stereocenters. The molecule has 0 spiro atoms. The van der Waals surface area contributed by atoms with E-state index >= 15 is 0 Å². The maximum absolute atomic E-state index is 12.3. The largest absolute Gasteiger partial charge is 0.360 e. The highest BCUT2D eigenvalue weighted by molar-refractivity contribution is 7.95. The molecule has 5 nitrogen and oxygen atoms in total. The number of nitrogens with one attached hydrogen (secondary N) is 1. The fourth-order valence-electron chi connectivity index (χ4n) is 1.64. The molecular weight excluding hydrogens is 282 g/mol. The molecule has 1 aromatic carbocycles. The smallest absolute Gasteiger partial charge is 0.218 e. The molecule has 0 saturated carbocycles. The van der Waals surface area contributed by atoms with E-state index in [0.717, 1.165) is 0 Å². The van der Waals surface area contributed by atoms with Gasteiger partial charge in [-0.05, 0) is 24.4 Å². The number of rotatable bonds is 3. The van der Waals surface area contributed by atoms with Gasteiger partial charge >= 0.3 is 0 Å². The van der Waals surface area contributed by atoms with Crippen LogP contribution in [0.15, 0.2) is 46.3 Å². The fraction of sp³-hybridized carbons (Fsp3) is 0.167. The number of hydrogen-bond acceptors (Lipinski definition) is 4. The van der Waals surface area contributed by atoms with Gasteiger partial charge in [0.05, 0.1) is 4.90 Å². The first-order chi connectivity index (χ1) is 9.05. The Bertz CT molecular complexity index is 660. The van der Waals surface area contributed by atoms with Crippen molar-refractivity contribution in [2.75, 3.05) is 13.1 Å². The maximum atomic E-state index is 12.3. The van der Waals surface area contributed by atoms with E-state index in [1.807, 2.05) is 0 Å². The van der Waals surface area contributed by atoms with Crippen LogP contribution in [-0.2, 0) is 9.84 Å². The Morgan fingerprint density at radius 1 is 1.42 bits per heavy atom. The SMILES string of the molecule is N#C/C(=C\N1CCNC1=S)S(=O)(=O)c1ccccc1. The van der Waals surface area contributed by atoms with E-state index < -0.39 is 9.84 Å². The summed E-state index contributed by atoms with van der Waals surface area (Å²) in [6.45, 7) is 1.19. The summed E-state index contributed by atoms with van der Waals surface area (Å²) >= 11 is 5.01. The van der Waals surface area contributed by atoms with E-state index in [1.54, 1.807) is 29.2 Å². The van der Waals surface area contributed by atoms with Gasteiger partial charge in [0.1, 0.15) is 6.07 Å². The first kappa shape index (κ1) is 13.5. The molecule has 0 aromatic heterocycles. The lowest BCUT2D eigenvalue weighted by Crippen LogP contribution is -2.23. The van der Waals surface area contributed by atoms with Gasteiger partial charge in [-0.2, -0.15) is 5.26 Å². The number of nitriles is 1. The van der Waals surface area contributed by atoms with Crippen LogP contribution in [0.2, 0.25) is 0 Å². The van der Waals surface area contributed by atoms with Gasteiger partial charge in [0.15, 0.2) is 10.0 Å². The van der Waals surface area contributed by atoms with Crippen LogP contribution in [0, 0.1) is 11.3 Å². The lowest BCUT2D eigenvalue weighted by atomic mass is 10.4. The predicted octanol–water partition coefficient (Wildman–Crippen LogP) is 1.02. The highest BCUT2D eigenvalue weighted by Crippen LogP contribution is 2.19. The summed E-state index contributed by atoms with van der Waals surface area (Å²) in [5.74, 6) is 0. The molecule has 1 aliphatic heterocycles. The van der Waals surface area contributed by atoms with Crippen molar-refractivity contribution < 1.29 is 8.42 Å². The molecule has 1 heterocycles. The second kappa shape index (κ2) is 5.38. The van der Waals surface area contributed by atoms with Gasteiger partial charge in [0.25, 0.3) is 0 Å². The summed E-state index contributed by atoms with van der Waals surface area (Å²) in [7, 11) is -3.79. The second-order valence-electron chi connectivity index (χ2n) is 3.85. The second-order valence-corrected chi connectivity index (χ2v) is 6.15. The molecular formula is C12H11N3O2S2. The highest BCUT2D eigenvalue weighted by atomic mass is 32.2. The zero-order chi connectivity index (χ0) is 13.9. The molecule has 0 amide bonds. The summed E-state index contributed by atoms with van der Waals surface area (Å²) in [6, 6.07) is 9.60. The third-order valence-electron chi connectivity index (χ3n) is 2.62. The number of thiocarbonyl (C=S) groups is 1. The van der Waals surface area contributed by atoms with Crippen LogP contribution in [0.25, 0.3) is 0 Å². The molecule has 98 valence electrons. The fourth-order valence-corrected chi connectivity index (χ4v) is 3.04. The first-order valence-electron chi connectivity index (χ1n) is 5.52. The lowest BCUT2D eigenvalue weighted by Gasteiger charge is -2.11. The van der Waals surface area contributed by atoms with Gasteiger partial charge in [-0.15, -0.1) is 0 Å². The van der Waals surface area contributed by atoms with Crippen molar-refractivity contribution in [3.8, 4) is 6.07 Å². The summed E-state index contributed by atoms with van der Waals surface area (Å²) < 4.78 is 24.6. The van der Waals surface area contributed by atoms with Crippen LogP contribution < -0.4 is 5.32 Å². The third-order valence-corrected chi connectivity index (χ3v) is 4.66. The zero-order valence-electron chi connectivity index (χ0n) is 9.91. The van der Waals surface area contributed by atoms with Gasteiger partial charge in [-0.25, -0.2) is 8.42 Å². The molecule has 1 saturated heterocycles. The quantitative estimate of drug-likeness (QED) is 0.662. The van der Waals surface area contributed by atoms with E-state index in [0.29, 0.717) is 18.2 Å².